The summed E-state index contributed by atoms with van der Waals surface area (Å²) in [4.78, 5) is 33.6. The van der Waals surface area contributed by atoms with Crippen molar-refractivity contribution in [3.63, 3.8) is 0 Å². The van der Waals surface area contributed by atoms with Gasteiger partial charge in [-0.15, -0.1) is 0 Å². The Morgan fingerprint density at radius 2 is 1.90 bits per heavy atom. The molecule has 2 bridgehead atoms. The second kappa shape index (κ2) is 7.74. The third-order valence-corrected chi connectivity index (χ3v) is 7.10. The zero-order valence-electron chi connectivity index (χ0n) is 17.0. The molecule has 2 aromatic rings. The minimum Gasteiger partial charge on any atom is -0.478 e. The van der Waals surface area contributed by atoms with Crippen LogP contribution in [0.4, 0.5) is 5.82 Å². The normalized spacial score (nSPS) is 28.2. The zero-order chi connectivity index (χ0) is 20.7. The minimum absolute atomic E-state index is 0.154. The molecule has 3 aliphatic rings. The van der Waals surface area contributed by atoms with Crippen LogP contribution in [0.5, 0.6) is 0 Å². The van der Waals surface area contributed by atoms with E-state index in [9.17, 15) is 14.7 Å². The highest BCUT2D eigenvalue weighted by atomic mass is 16.4. The Kier molecular flexibility index (Phi) is 4.93. The molecule has 4 atom stereocenters. The van der Waals surface area contributed by atoms with Crippen molar-refractivity contribution >= 4 is 17.7 Å². The molecule has 156 valence electrons. The molecule has 3 aliphatic heterocycles. The van der Waals surface area contributed by atoms with Gasteiger partial charge < -0.3 is 14.9 Å². The van der Waals surface area contributed by atoms with Gasteiger partial charge in [-0.3, -0.25) is 4.79 Å². The van der Waals surface area contributed by atoms with Crippen LogP contribution in [-0.2, 0) is 11.2 Å². The lowest BCUT2D eigenvalue weighted by atomic mass is 9.70. The first kappa shape index (κ1) is 19.1. The number of pyridine rings is 1. The number of fused-ring (bicyclic) bond motifs is 4. The summed E-state index contributed by atoms with van der Waals surface area (Å²) in [5.74, 6) is 0.590. The number of carboxylic acid groups (broad SMARTS) is 1. The zero-order valence-corrected chi connectivity index (χ0v) is 17.0. The number of carbonyl (C=O) groups is 2. The monoisotopic (exact) mass is 405 g/mol. The van der Waals surface area contributed by atoms with Gasteiger partial charge >= 0.3 is 5.97 Å². The molecule has 0 radical (unpaired) electrons. The van der Waals surface area contributed by atoms with Crippen LogP contribution < -0.4 is 4.90 Å². The number of aromatic nitrogens is 1. The van der Waals surface area contributed by atoms with Crippen LogP contribution >= 0.6 is 0 Å². The van der Waals surface area contributed by atoms with Crippen molar-refractivity contribution in [1.29, 1.82) is 0 Å². The van der Waals surface area contributed by atoms with E-state index in [0.717, 1.165) is 38.8 Å². The second-order valence-electron chi connectivity index (χ2n) is 8.86. The predicted octanol–water partition coefficient (Wildman–Crippen LogP) is 3.23. The smallest absolute Gasteiger partial charge is 0.339 e. The molecular formula is C24H27N3O3. The SMILES string of the molecule is O=C(O)c1cccnc1N1C[C@H]2C[C@@H](C1)[C@H](Cc1ccccc1)N1C(=O)CCC[C@@H]21. The number of hydrogen-bond acceptors (Lipinski definition) is 4. The lowest BCUT2D eigenvalue weighted by Gasteiger charge is -2.57. The minimum atomic E-state index is -0.941. The number of benzene rings is 1. The van der Waals surface area contributed by atoms with Crippen molar-refractivity contribution in [2.75, 3.05) is 18.0 Å². The van der Waals surface area contributed by atoms with Gasteiger partial charge in [0.2, 0.25) is 5.91 Å². The molecule has 0 saturated carbocycles. The summed E-state index contributed by atoms with van der Waals surface area (Å²) in [7, 11) is 0. The van der Waals surface area contributed by atoms with Gasteiger partial charge in [0, 0.05) is 37.8 Å². The van der Waals surface area contributed by atoms with Gasteiger partial charge in [-0.05, 0) is 55.2 Å². The Morgan fingerprint density at radius 1 is 1.10 bits per heavy atom. The molecule has 6 heteroatoms. The number of carboxylic acids is 1. The van der Waals surface area contributed by atoms with Crippen molar-refractivity contribution in [1.82, 2.24) is 9.88 Å². The van der Waals surface area contributed by atoms with E-state index >= 15 is 0 Å². The summed E-state index contributed by atoms with van der Waals surface area (Å²) in [6.45, 7) is 1.50. The van der Waals surface area contributed by atoms with Crippen LogP contribution in [0.3, 0.4) is 0 Å². The lowest BCUT2D eigenvalue weighted by Crippen LogP contribution is -2.65. The molecule has 0 unspecified atom stereocenters. The Labute approximate surface area is 176 Å². The fourth-order valence-electron chi connectivity index (χ4n) is 5.88. The van der Waals surface area contributed by atoms with E-state index in [1.807, 2.05) is 6.07 Å². The molecular weight excluding hydrogens is 378 g/mol. The Morgan fingerprint density at radius 3 is 2.70 bits per heavy atom. The molecule has 0 aliphatic carbocycles. The summed E-state index contributed by atoms with van der Waals surface area (Å²) in [5.41, 5.74) is 1.51. The average Bonchev–Trinajstić information content (AvgIpc) is 2.77. The largest absolute Gasteiger partial charge is 0.478 e. The third kappa shape index (κ3) is 3.34. The molecule has 30 heavy (non-hydrogen) atoms. The third-order valence-electron chi connectivity index (χ3n) is 7.10. The van der Waals surface area contributed by atoms with Gasteiger partial charge in [0.05, 0.1) is 0 Å². The summed E-state index contributed by atoms with van der Waals surface area (Å²) in [5, 5.41) is 9.65. The van der Waals surface area contributed by atoms with Crippen LogP contribution in [0.15, 0.2) is 48.7 Å². The second-order valence-corrected chi connectivity index (χ2v) is 8.86. The first-order valence-corrected chi connectivity index (χ1v) is 10.9. The van der Waals surface area contributed by atoms with Gasteiger partial charge in [0.1, 0.15) is 11.4 Å². The van der Waals surface area contributed by atoms with Gasteiger partial charge in [-0.1, -0.05) is 30.3 Å². The highest BCUT2D eigenvalue weighted by Gasteiger charge is 2.49. The van der Waals surface area contributed by atoms with Crippen molar-refractivity contribution in [3.05, 3.63) is 59.8 Å². The Hall–Kier alpha value is -2.89. The molecule has 1 aromatic heterocycles. The van der Waals surface area contributed by atoms with Crippen molar-refractivity contribution < 1.29 is 14.7 Å². The van der Waals surface area contributed by atoms with Gasteiger partial charge in [-0.2, -0.15) is 0 Å². The standard InChI is InChI=1S/C24H27N3O3/c28-22-10-4-9-20-17-13-18(21(27(20)22)12-16-6-2-1-3-7-16)15-26(14-17)23-19(24(29)30)8-5-11-25-23/h1-3,5-8,11,17-18,20-21H,4,9-10,12-15H2,(H,29,30)/t17-,18+,20+,21+/m1/s1. The number of nitrogens with zero attached hydrogens (tertiary/aromatic N) is 3. The predicted molar refractivity (Wildman–Crippen MR) is 113 cm³/mol. The lowest BCUT2D eigenvalue weighted by molar-refractivity contribution is -0.148. The fraction of sp³-hybridized carbons (Fsp3) is 0.458. The van der Waals surface area contributed by atoms with Crippen LogP contribution in [0, 0.1) is 11.8 Å². The molecule has 3 saturated heterocycles. The van der Waals surface area contributed by atoms with E-state index in [2.05, 4.69) is 39.0 Å². The summed E-state index contributed by atoms with van der Waals surface area (Å²) < 4.78 is 0. The maximum Gasteiger partial charge on any atom is 0.339 e. The number of carbonyl (C=O) groups excluding carboxylic acids is 1. The number of rotatable bonds is 4. The fourth-order valence-corrected chi connectivity index (χ4v) is 5.88. The van der Waals surface area contributed by atoms with E-state index in [0.29, 0.717) is 30.0 Å². The molecule has 4 heterocycles. The van der Waals surface area contributed by atoms with E-state index in [4.69, 9.17) is 0 Å². The number of piperidine rings is 3. The van der Waals surface area contributed by atoms with Crippen molar-refractivity contribution in [3.8, 4) is 0 Å². The van der Waals surface area contributed by atoms with E-state index < -0.39 is 5.97 Å². The Bertz CT molecular complexity index is 948. The molecule has 6 nitrogen and oxygen atoms in total. The molecule has 5 rings (SSSR count). The van der Waals surface area contributed by atoms with Gasteiger partial charge in [0.15, 0.2) is 0 Å². The van der Waals surface area contributed by atoms with Crippen molar-refractivity contribution in [2.24, 2.45) is 11.8 Å². The van der Waals surface area contributed by atoms with E-state index in [-0.39, 0.29) is 17.6 Å². The first-order valence-electron chi connectivity index (χ1n) is 10.9. The number of aromatic carboxylic acids is 1. The van der Waals surface area contributed by atoms with E-state index in [1.54, 1.807) is 18.3 Å². The van der Waals surface area contributed by atoms with Crippen molar-refractivity contribution in [2.45, 2.75) is 44.2 Å². The highest BCUT2D eigenvalue weighted by Crippen LogP contribution is 2.43. The first-order chi connectivity index (χ1) is 14.6. The van der Waals surface area contributed by atoms with Gasteiger partial charge in [0.25, 0.3) is 0 Å². The molecule has 1 N–H and O–H groups in total. The number of hydrogen-bond donors (Lipinski definition) is 1. The summed E-state index contributed by atoms with van der Waals surface area (Å²) >= 11 is 0. The van der Waals surface area contributed by atoms with Crippen LogP contribution in [0.25, 0.3) is 0 Å². The summed E-state index contributed by atoms with van der Waals surface area (Å²) in [6.07, 6.45) is 6.25. The average molecular weight is 405 g/mol. The van der Waals surface area contributed by atoms with Gasteiger partial charge in [-0.25, -0.2) is 9.78 Å². The van der Waals surface area contributed by atoms with Crippen LogP contribution in [-0.4, -0.2) is 52.0 Å². The molecule has 0 spiro atoms. The number of amides is 1. The van der Waals surface area contributed by atoms with Crippen LogP contribution in [0.2, 0.25) is 0 Å². The molecule has 1 amide bonds. The summed E-state index contributed by atoms with van der Waals surface area (Å²) in [6, 6.07) is 14.1. The maximum absolute atomic E-state index is 13.0. The van der Waals surface area contributed by atoms with E-state index in [1.165, 1.54) is 5.56 Å². The topological polar surface area (TPSA) is 73.7 Å². The maximum atomic E-state index is 13.0. The quantitative estimate of drug-likeness (QED) is 0.845. The number of anilines is 1. The van der Waals surface area contributed by atoms with Crippen LogP contribution in [0.1, 0.15) is 41.6 Å². The molecule has 1 aromatic carbocycles. The Balaban J connectivity index is 1.49. The molecule has 3 fully saturated rings. The highest BCUT2D eigenvalue weighted by molar-refractivity contribution is 5.93.